The lowest BCUT2D eigenvalue weighted by Crippen LogP contribution is -2.11. The number of fused-ring (bicyclic) bond motifs is 1. The molecule has 12 rings (SSSR count). The van der Waals surface area contributed by atoms with Crippen molar-refractivity contribution < 1.29 is 0 Å². The Morgan fingerprint density at radius 3 is 1.01 bits per heavy atom. The van der Waals surface area contributed by atoms with Gasteiger partial charge < -0.3 is 9.80 Å². The first-order valence-electron chi connectivity index (χ1n) is 24.7. The Morgan fingerprint density at radius 2 is 0.514 bits per heavy atom. The number of hydrogen-bond donors (Lipinski definition) is 0. The molecule has 0 aliphatic rings. The van der Waals surface area contributed by atoms with Gasteiger partial charge in [0.1, 0.15) is 0 Å². The van der Waals surface area contributed by atoms with Gasteiger partial charge in [-0.1, -0.05) is 231 Å². The second kappa shape index (κ2) is 19.8. The smallest absolute Gasteiger partial charge is 0.0540 e. The van der Waals surface area contributed by atoms with Crippen molar-refractivity contribution in [1.82, 2.24) is 0 Å². The van der Waals surface area contributed by atoms with Crippen molar-refractivity contribution in [3.63, 3.8) is 0 Å². The summed E-state index contributed by atoms with van der Waals surface area (Å²) in [5.74, 6) is 0. The van der Waals surface area contributed by atoms with Gasteiger partial charge in [0, 0.05) is 33.8 Å². The first-order chi connectivity index (χ1) is 35.7. The third-order valence-electron chi connectivity index (χ3n) is 13.7. The van der Waals surface area contributed by atoms with E-state index in [1.165, 1.54) is 66.4 Å². The minimum absolute atomic E-state index is 1.08. The summed E-state index contributed by atoms with van der Waals surface area (Å²) >= 11 is 0. The van der Waals surface area contributed by atoms with Crippen molar-refractivity contribution in [3.05, 3.63) is 303 Å². The summed E-state index contributed by atoms with van der Waals surface area (Å²) in [6.45, 7) is 0. The molecule has 0 unspecified atom stereocenters. The van der Waals surface area contributed by atoms with Crippen LogP contribution in [0.1, 0.15) is 0 Å². The molecule has 12 aromatic carbocycles. The maximum absolute atomic E-state index is 2.41. The van der Waals surface area contributed by atoms with Crippen LogP contribution in [-0.4, -0.2) is 0 Å². The predicted molar refractivity (Wildman–Crippen MR) is 306 cm³/mol. The number of hydrogen-bond acceptors (Lipinski definition) is 2. The maximum Gasteiger partial charge on any atom is 0.0540 e. The Morgan fingerprint density at radius 1 is 0.181 bits per heavy atom. The van der Waals surface area contributed by atoms with E-state index in [9.17, 15) is 0 Å². The molecule has 0 atom stereocenters. The van der Waals surface area contributed by atoms with Crippen LogP contribution in [0.4, 0.5) is 34.1 Å². The molecule has 12 aromatic rings. The van der Waals surface area contributed by atoms with Crippen LogP contribution in [0.15, 0.2) is 303 Å². The monoisotopic (exact) mass is 918 g/mol. The molecule has 0 aliphatic heterocycles. The third-order valence-corrected chi connectivity index (χ3v) is 13.7. The molecule has 0 amide bonds. The summed E-state index contributed by atoms with van der Waals surface area (Å²) in [5, 5.41) is 2.39. The van der Waals surface area contributed by atoms with Crippen molar-refractivity contribution >= 4 is 44.9 Å². The lowest BCUT2D eigenvalue weighted by Gasteiger charge is -2.28. The Labute approximate surface area is 422 Å². The Hall–Kier alpha value is -9.50. The SMILES string of the molecule is c1ccc(-c2ccc(N(c3ccc(-c4ccc(N(c5ccc(-c6ccccc6)c(-c6ccccc6)c5)c5cccc6ccccc56)cc4)cc3)c3ccc(-c4cccc(-c5ccccc5)c4)cc3)cc2)cc1. The Kier molecular flexibility index (Phi) is 12.1. The topological polar surface area (TPSA) is 6.48 Å². The summed E-state index contributed by atoms with van der Waals surface area (Å²) in [6, 6.07) is 109. The molecule has 72 heavy (non-hydrogen) atoms. The van der Waals surface area contributed by atoms with Crippen LogP contribution >= 0.6 is 0 Å². The van der Waals surface area contributed by atoms with Crippen LogP contribution in [-0.2, 0) is 0 Å². The fraction of sp³-hybridized carbons (Fsp3) is 0. The van der Waals surface area contributed by atoms with Gasteiger partial charge >= 0.3 is 0 Å². The van der Waals surface area contributed by atoms with Crippen molar-refractivity contribution in [1.29, 1.82) is 0 Å². The molecule has 340 valence electrons. The summed E-state index contributed by atoms with van der Waals surface area (Å²) < 4.78 is 0. The van der Waals surface area contributed by atoms with Crippen molar-refractivity contribution in [2.24, 2.45) is 0 Å². The molecular weight excluding hydrogens is 869 g/mol. The number of benzene rings is 12. The summed E-state index contributed by atoms with van der Waals surface area (Å²) in [5.41, 5.74) is 20.8. The number of rotatable bonds is 12. The van der Waals surface area contributed by atoms with Gasteiger partial charge in [0.05, 0.1) is 5.69 Å². The fourth-order valence-electron chi connectivity index (χ4n) is 10.0. The normalized spacial score (nSPS) is 11.1. The average Bonchev–Trinajstić information content (AvgIpc) is 3.47. The van der Waals surface area contributed by atoms with E-state index in [-0.39, 0.29) is 0 Å². The summed E-state index contributed by atoms with van der Waals surface area (Å²) in [4.78, 5) is 4.75. The lowest BCUT2D eigenvalue weighted by atomic mass is 9.93. The molecule has 0 aliphatic carbocycles. The van der Waals surface area contributed by atoms with Gasteiger partial charge in [-0.2, -0.15) is 0 Å². The second-order valence-corrected chi connectivity index (χ2v) is 18.1. The minimum atomic E-state index is 1.08. The standard InChI is InChI=1S/C70H50N2/c1-5-17-51(18-6-1)53-31-39-62(40-32-53)71(64-43-37-56(38-44-64)61-28-15-27-60(49-61)52-19-7-2-8-20-52)63-41-33-54(34-42-63)55-35-45-65(46-36-55)72(70-30-16-26-58-25-13-14-29-68(58)70)66-47-48-67(57-21-9-3-10-22-57)69(50-66)59-23-11-4-12-24-59/h1-50H. The predicted octanol–water partition coefficient (Wildman–Crippen LogP) is 19.8. The highest BCUT2D eigenvalue weighted by Crippen LogP contribution is 2.44. The van der Waals surface area contributed by atoms with Gasteiger partial charge in [0.15, 0.2) is 0 Å². The molecule has 0 fully saturated rings. The molecular formula is C70H50N2. The van der Waals surface area contributed by atoms with Crippen LogP contribution in [0.3, 0.4) is 0 Å². The molecule has 0 heterocycles. The zero-order valence-electron chi connectivity index (χ0n) is 39.8. The van der Waals surface area contributed by atoms with E-state index in [4.69, 9.17) is 0 Å². The van der Waals surface area contributed by atoms with Crippen LogP contribution < -0.4 is 9.80 Å². The molecule has 2 heteroatoms. The quantitative estimate of drug-likeness (QED) is 0.120. The summed E-state index contributed by atoms with van der Waals surface area (Å²) in [7, 11) is 0. The van der Waals surface area contributed by atoms with Gasteiger partial charge in [-0.3, -0.25) is 0 Å². The first kappa shape index (κ1) is 43.8. The highest BCUT2D eigenvalue weighted by atomic mass is 15.1. The highest BCUT2D eigenvalue weighted by Gasteiger charge is 2.19. The molecule has 0 aromatic heterocycles. The van der Waals surface area contributed by atoms with Crippen molar-refractivity contribution in [2.45, 2.75) is 0 Å². The van der Waals surface area contributed by atoms with Crippen LogP contribution in [0.5, 0.6) is 0 Å². The van der Waals surface area contributed by atoms with E-state index in [1.54, 1.807) is 0 Å². The van der Waals surface area contributed by atoms with Gasteiger partial charge in [0.25, 0.3) is 0 Å². The zero-order chi connectivity index (χ0) is 48.1. The van der Waals surface area contributed by atoms with E-state index in [0.29, 0.717) is 0 Å². The summed E-state index contributed by atoms with van der Waals surface area (Å²) in [6.07, 6.45) is 0. The van der Waals surface area contributed by atoms with Gasteiger partial charge in [-0.15, -0.1) is 0 Å². The third kappa shape index (κ3) is 8.97. The molecule has 0 saturated heterocycles. The molecule has 2 nitrogen and oxygen atoms in total. The lowest BCUT2D eigenvalue weighted by molar-refractivity contribution is 1.28. The number of anilines is 6. The van der Waals surface area contributed by atoms with Crippen LogP contribution in [0.25, 0.3) is 77.5 Å². The van der Waals surface area contributed by atoms with Crippen molar-refractivity contribution in [2.75, 3.05) is 9.80 Å². The zero-order valence-corrected chi connectivity index (χ0v) is 39.8. The van der Waals surface area contributed by atoms with Gasteiger partial charge in [0.2, 0.25) is 0 Å². The largest absolute Gasteiger partial charge is 0.311 e. The molecule has 0 bridgehead atoms. The maximum atomic E-state index is 2.41. The molecule has 0 spiro atoms. The van der Waals surface area contributed by atoms with E-state index in [2.05, 4.69) is 313 Å². The van der Waals surface area contributed by atoms with Gasteiger partial charge in [-0.25, -0.2) is 0 Å². The average molecular weight is 919 g/mol. The molecule has 0 saturated carbocycles. The van der Waals surface area contributed by atoms with Crippen LogP contribution in [0.2, 0.25) is 0 Å². The Balaban J connectivity index is 0.894. The first-order valence-corrected chi connectivity index (χ1v) is 24.7. The fourth-order valence-corrected chi connectivity index (χ4v) is 10.0. The second-order valence-electron chi connectivity index (χ2n) is 18.1. The van der Waals surface area contributed by atoms with E-state index in [0.717, 1.165) is 45.3 Å². The molecule has 0 radical (unpaired) electrons. The molecule has 0 N–H and O–H groups in total. The van der Waals surface area contributed by atoms with E-state index < -0.39 is 0 Å². The van der Waals surface area contributed by atoms with Gasteiger partial charge in [-0.05, 0) is 145 Å². The van der Waals surface area contributed by atoms with E-state index in [1.807, 2.05) is 0 Å². The van der Waals surface area contributed by atoms with Crippen molar-refractivity contribution in [3.8, 4) is 66.8 Å². The minimum Gasteiger partial charge on any atom is -0.311 e. The van der Waals surface area contributed by atoms with Crippen LogP contribution in [0, 0.1) is 0 Å². The highest BCUT2D eigenvalue weighted by molar-refractivity contribution is 6.00. The number of nitrogens with zero attached hydrogens (tertiary/aromatic N) is 2. The van der Waals surface area contributed by atoms with E-state index >= 15 is 0 Å². The Bertz CT molecular complexity index is 3730.